The molecule has 0 bridgehead atoms. The number of benzene rings is 1. The van der Waals surface area contributed by atoms with E-state index in [0.29, 0.717) is 22.6 Å². The van der Waals surface area contributed by atoms with Crippen molar-refractivity contribution in [3.05, 3.63) is 23.5 Å². The quantitative estimate of drug-likeness (QED) is 0.874. The molecule has 2 aromatic rings. The lowest BCUT2D eigenvalue weighted by Gasteiger charge is -2.41. The predicted octanol–water partition coefficient (Wildman–Crippen LogP) is 2.66. The minimum Gasteiger partial charge on any atom is -0.399 e. The topological polar surface area (TPSA) is 69.6 Å². The van der Waals surface area contributed by atoms with Gasteiger partial charge in [-0.3, -0.25) is 0 Å². The maximum atomic E-state index is 14.4. The number of halogens is 1. The van der Waals surface area contributed by atoms with Gasteiger partial charge < -0.3 is 5.73 Å². The molecule has 2 N–H and O–H groups in total. The Labute approximate surface area is 117 Å². The Kier molecular flexibility index (Phi) is 2.96. The number of nitrogen functional groups attached to an aromatic ring is 1. The predicted molar refractivity (Wildman–Crippen MR) is 74.5 cm³/mol. The third-order valence-corrected chi connectivity index (χ3v) is 4.38. The van der Waals surface area contributed by atoms with Gasteiger partial charge in [0.15, 0.2) is 5.82 Å². The lowest BCUT2D eigenvalue weighted by atomic mass is 9.75. The Morgan fingerprint density at radius 1 is 1.40 bits per heavy atom. The molecular weight excluding hydrogens is 257 g/mol. The molecule has 0 spiro atoms. The van der Waals surface area contributed by atoms with E-state index in [1.807, 2.05) is 0 Å². The molecule has 1 fully saturated rings. The van der Waals surface area contributed by atoms with Crippen LogP contribution < -0.4 is 5.73 Å². The van der Waals surface area contributed by atoms with Crippen molar-refractivity contribution in [2.24, 2.45) is 0 Å². The minimum atomic E-state index is -0.305. The molecule has 1 heterocycles. The number of hydrogen-bond acceptors (Lipinski definition) is 4. The van der Waals surface area contributed by atoms with Crippen LogP contribution in [-0.2, 0) is 5.54 Å². The summed E-state index contributed by atoms with van der Waals surface area (Å²) in [4.78, 5) is 0. The largest absolute Gasteiger partial charge is 0.399 e. The van der Waals surface area contributed by atoms with E-state index >= 15 is 0 Å². The van der Waals surface area contributed by atoms with E-state index in [9.17, 15) is 4.39 Å². The summed E-state index contributed by atoms with van der Waals surface area (Å²) in [5.41, 5.74) is 7.17. The number of aryl methyl sites for hydroxylation is 1. The van der Waals surface area contributed by atoms with Crippen LogP contribution in [0.1, 0.15) is 38.2 Å². The van der Waals surface area contributed by atoms with Crippen molar-refractivity contribution in [2.45, 2.75) is 45.1 Å². The zero-order valence-electron chi connectivity index (χ0n) is 11.7. The molecule has 6 heteroatoms. The summed E-state index contributed by atoms with van der Waals surface area (Å²) in [6.45, 7) is 3.81. The highest BCUT2D eigenvalue weighted by Crippen LogP contribution is 2.43. The Balaban J connectivity index is 2.15. The van der Waals surface area contributed by atoms with Crippen LogP contribution in [0.5, 0.6) is 0 Å². The average Bonchev–Trinajstić information content (AvgIpc) is 2.83. The Morgan fingerprint density at radius 3 is 2.75 bits per heavy atom. The third-order valence-electron chi connectivity index (χ3n) is 4.38. The molecule has 1 aromatic carbocycles. The Bertz CT molecular complexity index is 639. The van der Waals surface area contributed by atoms with E-state index in [1.165, 1.54) is 0 Å². The lowest BCUT2D eigenvalue weighted by Crippen LogP contribution is -2.41. The molecule has 1 aromatic heterocycles. The second-order valence-electron chi connectivity index (χ2n) is 5.55. The molecular formula is C14H18FN5. The minimum absolute atomic E-state index is 0.0657. The summed E-state index contributed by atoms with van der Waals surface area (Å²) in [5.74, 6) is 0.167. The van der Waals surface area contributed by atoms with Gasteiger partial charge in [-0.1, -0.05) is 6.92 Å². The first-order chi connectivity index (χ1) is 9.57. The molecule has 0 amide bonds. The number of hydrogen-bond donors (Lipinski definition) is 1. The molecule has 0 atom stereocenters. The van der Waals surface area contributed by atoms with E-state index in [2.05, 4.69) is 22.4 Å². The number of anilines is 1. The molecule has 0 radical (unpaired) electrons. The molecule has 0 aliphatic heterocycles. The molecule has 20 heavy (non-hydrogen) atoms. The number of tetrazole rings is 1. The second kappa shape index (κ2) is 4.54. The van der Waals surface area contributed by atoms with Crippen molar-refractivity contribution in [1.82, 2.24) is 20.2 Å². The number of nitrogens with two attached hydrogens (primary N) is 1. The SMILES string of the molecule is CCC1(n2nnnc2-c2cc(N)cc(C)c2F)CCC1. The standard InChI is InChI=1S/C14H18FN5/c1-3-14(5-4-6-14)20-13(17-18-19-20)11-8-10(16)7-9(2)12(11)15/h7-8H,3-6,16H2,1-2H3. The van der Waals surface area contributed by atoms with E-state index in [-0.39, 0.29) is 11.4 Å². The van der Waals surface area contributed by atoms with Gasteiger partial charge in [-0.05, 0) is 60.7 Å². The van der Waals surface area contributed by atoms with Gasteiger partial charge in [0.2, 0.25) is 0 Å². The van der Waals surface area contributed by atoms with Crippen LogP contribution in [0.3, 0.4) is 0 Å². The summed E-state index contributed by atoms with van der Waals surface area (Å²) in [6.07, 6.45) is 4.16. The molecule has 1 saturated carbocycles. The highest BCUT2D eigenvalue weighted by atomic mass is 19.1. The molecule has 3 rings (SSSR count). The normalized spacial score (nSPS) is 16.9. The summed E-state index contributed by atoms with van der Waals surface area (Å²) >= 11 is 0. The Hall–Kier alpha value is -1.98. The first kappa shape index (κ1) is 13.0. The van der Waals surface area contributed by atoms with Crippen LogP contribution >= 0.6 is 0 Å². The van der Waals surface area contributed by atoms with Crippen LogP contribution in [-0.4, -0.2) is 20.2 Å². The second-order valence-corrected chi connectivity index (χ2v) is 5.55. The summed E-state index contributed by atoms with van der Waals surface area (Å²) < 4.78 is 16.2. The highest BCUT2D eigenvalue weighted by Gasteiger charge is 2.40. The van der Waals surface area contributed by atoms with Gasteiger partial charge >= 0.3 is 0 Å². The van der Waals surface area contributed by atoms with Crippen LogP contribution in [0.15, 0.2) is 12.1 Å². The van der Waals surface area contributed by atoms with Crippen LogP contribution in [0.25, 0.3) is 11.4 Å². The van der Waals surface area contributed by atoms with E-state index in [4.69, 9.17) is 5.73 Å². The molecule has 106 valence electrons. The number of aromatic nitrogens is 4. The van der Waals surface area contributed by atoms with Gasteiger partial charge in [0.25, 0.3) is 0 Å². The van der Waals surface area contributed by atoms with Gasteiger partial charge in [0.1, 0.15) is 5.82 Å². The zero-order valence-corrected chi connectivity index (χ0v) is 11.7. The molecule has 1 aliphatic carbocycles. The van der Waals surface area contributed by atoms with Crippen molar-refractivity contribution < 1.29 is 4.39 Å². The highest BCUT2D eigenvalue weighted by molar-refractivity contribution is 5.63. The van der Waals surface area contributed by atoms with Crippen molar-refractivity contribution in [1.29, 1.82) is 0 Å². The van der Waals surface area contributed by atoms with Gasteiger partial charge in [-0.15, -0.1) is 5.10 Å². The number of nitrogens with zero attached hydrogens (tertiary/aromatic N) is 4. The fourth-order valence-corrected chi connectivity index (χ4v) is 2.93. The van der Waals surface area contributed by atoms with Crippen LogP contribution in [0.4, 0.5) is 10.1 Å². The first-order valence-corrected chi connectivity index (χ1v) is 6.92. The van der Waals surface area contributed by atoms with Gasteiger partial charge in [-0.2, -0.15) is 0 Å². The maximum Gasteiger partial charge on any atom is 0.185 e. The van der Waals surface area contributed by atoms with Gasteiger partial charge in [0, 0.05) is 5.69 Å². The zero-order chi connectivity index (χ0) is 14.3. The lowest BCUT2D eigenvalue weighted by molar-refractivity contribution is 0.118. The summed E-state index contributed by atoms with van der Waals surface area (Å²) in [5, 5.41) is 11.9. The first-order valence-electron chi connectivity index (χ1n) is 6.92. The third kappa shape index (κ3) is 1.78. The van der Waals surface area contributed by atoms with Gasteiger partial charge in [0.05, 0.1) is 11.1 Å². The van der Waals surface area contributed by atoms with Crippen LogP contribution in [0.2, 0.25) is 0 Å². The fraction of sp³-hybridized carbons (Fsp3) is 0.500. The summed E-state index contributed by atoms with van der Waals surface area (Å²) in [7, 11) is 0. The monoisotopic (exact) mass is 275 g/mol. The fourth-order valence-electron chi connectivity index (χ4n) is 2.93. The molecule has 0 saturated heterocycles. The van der Waals surface area contributed by atoms with E-state index < -0.39 is 0 Å². The molecule has 0 unspecified atom stereocenters. The number of rotatable bonds is 3. The van der Waals surface area contributed by atoms with E-state index in [0.717, 1.165) is 25.7 Å². The van der Waals surface area contributed by atoms with E-state index in [1.54, 1.807) is 23.7 Å². The van der Waals surface area contributed by atoms with Crippen molar-refractivity contribution in [2.75, 3.05) is 5.73 Å². The van der Waals surface area contributed by atoms with Crippen molar-refractivity contribution in [3.8, 4) is 11.4 Å². The van der Waals surface area contributed by atoms with Crippen LogP contribution in [0, 0.1) is 12.7 Å². The maximum absolute atomic E-state index is 14.4. The molecule has 5 nitrogen and oxygen atoms in total. The Morgan fingerprint density at radius 2 is 2.15 bits per heavy atom. The van der Waals surface area contributed by atoms with Crippen molar-refractivity contribution in [3.63, 3.8) is 0 Å². The molecule has 1 aliphatic rings. The summed E-state index contributed by atoms with van der Waals surface area (Å²) in [6, 6.07) is 3.22. The average molecular weight is 275 g/mol. The van der Waals surface area contributed by atoms with Crippen molar-refractivity contribution >= 4 is 5.69 Å². The smallest absolute Gasteiger partial charge is 0.185 e. The van der Waals surface area contributed by atoms with Gasteiger partial charge in [-0.25, -0.2) is 9.07 Å².